The molecular weight excluding hydrogens is 309 g/mol. The Hall–Kier alpha value is -1.86. The number of benzene rings is 1. The summed E-state index contributed by atoms with van der Waals surface area (Å²) in [6.45, 7) is 2.04. The van der Waals surface area contributed by atoms with Crippen LogP contribution in [0.2, 0.25) is 0 Å². The van der Waals surface area contributed by atoms with E-state index in [0.717, 1.165) is 5.52 Å². The molecule has 2 bridgehead atoms. The van der Waals surface area contributed by atoms with Crippen molar-refractivity contribution in [3.05, 3.63) is 28.3 Å². The fourth-order valence-electron chi connectivity index (χ4n) is 1.36. The lowest BCUT2D eigenvalue weighted by Crippen LogP contribution is -2.06. The highest BCUT2D eigenvalue weighted by atomic mass is 35.5. The lowest BCUT2D eigenvalue weighted by molar-refractivity contribution is -0.383. The van der Waals surface area contributed by atoms with Gasteiger partial charge in [0.15, 0.2) is 0 Å². The van der Waals surface area contributed by atoms with Gasteiger partial charge in [-0.1, -0.05) is 11.6 Å². The molecule has 0 aliphatic carbocycles. The van der Waals surface area contributed by atoms with Crippen molar-refractivity contribution in [3.8, 4) is 0 Å². The number of nitrogens with zero attached hydrogens (tertiary/aromatic N) is 1. The first kappa shape index (κ1) is 18.1. The Balaban J connectivity index is 0.000000347. The van der Waals surface area contributed by atoms with Crippen LogP contribution in [0.3, 0.4) is 0 Å². The highest BCUT2D eigenvalue weighted by Crippen LogP contribution is 2.24. The summed E-state index contributed by atoms with van der Waals surface area (Å²) in [5.41, 5.74) is 1.57. The fraction of sp³-hybridized carbons (Fsp3) is 0.273. The van der Waals surface area contributed by atoms with E-state index in [1.807, 2.05) is 6.07 Å². The molecule has 9 heteroatoms. The second-order valence-corrected chi connectivity index (χ2v) is 3.96. The molecule has 0 aliphatic rings. The van der Waals surface area contributed by atoms with E-state index in [2.05, 4.69) is 9.72 Å². The van der Waals surface area contributed by atoms with E-state index in [4.69, 9.17) is 17.0 Å². The first-order valence-corrected chi connectivity index (χ1v) is 5.75. The summed E-state index contributed by atoms with van der Waals surface area (Å²) in [6, 6.07) is 5.03. The van der Waals surface area contributed by atoms with E-state index in [9.17, 15) is 14.9 Å². The number of hydrogen-bond acceptors (Lipinski definition) is 5. The Kier molecular flexibility index (Phi) is 7.56. The van der Waals surface area contributed by atoms with Crippen LogP contribution in [0, 0.1) is 15.5 Å². The third kappa shape index (κ3) is 5.41. The smallest absolute Gasteiger partial charge is 0.312 e. The van der Waals surface area contributed by atoms with E-state index in [1.54, 1.807) is 13.0 Å². The van der Waals surface area contributed by atoms with Gasteiger partial charge in [0.1, 0.15) is 10.7 Å². The molecule has 110 valence electrons. The van der Waals surface area contributed by atoms with E-state index < -0.39 is 10.9 Å². The molecule has 20 heavy (non-hydrogen) atoms. The second-order valence-electron chi connectivity index (χ2n) is 3.50. The summed E-state index contributed by atoms with van der Waals surface area (Å²) >= 11 is 5.09. The van der Waals surface area contributed by atoms with Crippen LogP contribution in [-0.2, 0) is 9.53 Å². The van der Waals surface area contributed by atoms with Gasteiger partial charge in [-0.3, -0.25) is 20.3 Å². The van der Waals surface area contributed by atoms with Gasteiger partial charge in [0.2, 0.25) is 0 Å². The maximum absolute atomic E-state index is 10.4. The second kappa shape index (κ2) is 8.34. The summed E-state index contributed by atoms with van der Waals surface area (Å²) in [7, 11) is 0. The third-order valence-corrected chi connectivity index (χ3v) is 2.21. The zero-order chi connectivity index (χ0) is 14.4. The zero-order valence-electron chi connectivity index (χ0n) is 10.5. The quantitative estimate of drug-likeness (QED) is 0.390. The van der Waals surface area contributed by atoms with Crippen LogP contribution in [-0.4, -0.2) is 27.7 Å². The number of ether oxygens (including phenoxy) is 1. The molecule has 0 radical (unpaired) electrons. The third-order valence-electron chi connectivity index (χ3n) is 2.08. The average molecular weight is 322 g/mol. The number of non-ortho nitro benzene ring substituents is 1. The first-order valence-electron chi connectivity index (χ1n) is 5.38. The van der Waals surface area contributed by atoms with Gasteiger partial charge in [-0.05, 0) is 19.1 Å². The number of hydrogen-bond donors (Lipinski definition) is 2. The van der Waals surface area contributed by atoms with Crippen LogP contribution >= 0.6 is 24.0 Å². The van der Waals surface area contributed by atoms with Crippen molar-refractivity contribution in [1.29, 1.82) is 5.41 Å². The molecule has 0 saturated heterocycles. The number of nitro benzene ring substituents is 1. The molecule has 0 spiro atoms. The topological polar surface area (TPSA) is 109 Å². The number of nitrogens with one attached hydrogen (secondary N) is 2. The summed E-state index contributed by atoms with van der Waals surface area (Å²) in [6.07, 6.45) is -0.116. The maximum Gasteiger partial charge on any atom is 0.312 e. The standard InChI is InChI=1S/C6H4N2O2.C5H8ClNO2.ClH/c9-8(10)6-3-4-1-2-5(6)7-4;1-2-9-5(8)3-4(6)7;/h1-3,7H;7H,2-3H2,1H3;1H. The van der Waals surface area contributed by atoms with Crippen LogP contribution in [0.25, 0.3) is 11.0 Å². The number of aromatic nitrogens is 1. The summed E-state index contributed by atoms with van der Waals surface area (Å²) in [5, 5.41) is 16.7. The van der Waals surface area contributed by atoms with Gasteiger partial charge in [0.05, 0.1) is 18.0 Å². The number of carbonyl (C=O) groups excluding carboxylic acids is 1. The molecule has 0 atom stereocenters. The Morgan fingerprint density at radius 2 is 2.20 bits per heavy atom. The molecule has 0 unspecified atom stereocenters. The van der Waals surface area contributed by atoms with Crippen LogP contribution < -0.4 is 0 Å². The van der Waals surface area contributed by atoms with Crippen LogP contribution in [0.1, 0.15) is 13.3 Å². The van der Waals surface area contributed by atoms with Crippen molar-refractivity contribution in [3.63, 3.8) is 0 Å². The number of fused-ring (bicyclic) bond motifs is 2. The SMILES string of the molecule is CCOC(=O)CC(=N)Cl.Cl.O=[N+]([O-])c1cc2ccc1[nH]2. The molecule has 0 amide bonds. The highest BCUT2D eigenvalue weighted by Gasteiger charge is 2.13. The molecule has 7 nitrogen and oxygen atoms in total. The van der Waals surface area contributed by atoms with Gasteiger partial charge < -0.3 is 9.72 Å². The summed E-state index contributed by atoms with van der Waals surface area (Å²) in [4.78, 5) is 23.1. The molecule has 2 heterocycles. The normalized spacial score (nSPS) is 9.30. The van der Waals surface area contributed by atoms with Gasteiger partial charge in [0.25, 0.3) is 5.69 Å². The molecule has 2 aromatic heterocycles. The summed E-state index contributed by atoms with van der Waals surface area (Å²) in [5.74, 6) is -0.447. The Morgan fingerprint density at radius 3 is 2.50 bits per heavy atom. The maximum atomic E-state index is 10.4. The first-order chi connectivity index (χ1) is 8.93. The van der Waals surface area contributed by atoms with Crippen molar-refractivity contribution in [1.82, 2.24) is 4.98 Å². The van der Waals surface area contributed by atoms with E-state index in [0.29, 0.717) is 12.1 Å². The van der Waals surface area contributed by atoms with Gasteiger partial charge in [-0.15, -0.1) is 12.4 Å². The zero-order valence-corrected chi connectivity index (χ0v) is 12.1. The number of rotatable bonds is 4. The van der Waals surface area contributed by atoms with E-state index in [1.165, 1.54) is 6.07 Å². The summed E-state index contributed by atoms with van der Waals surface area (Å²) < 4.78 is 4.49. The van der Waals surface area contributed by atoms with Crippen molar-refractivity contribution in [2.75, 3.05) is 6.61 Å². The van der Waals surface area contributed by atoms with Gasteiger partial charge in [-0.25, -0.2) is 0 Å². The van der Waals surface area contributed by atoms with Gasteiger partial charge in [0, 0.05) is 11.6 Å². The van der Waals surface area contributed by atoms with E-state index >= 15 is 0 Å². The Labute approximate surface area is 125 Å². The van der Waals surface area contributed by atoms with E-state index in [-0.39, 0.29) is 29.7 Å². The molecule has 2 N–H and O–H groups in total. The lowest BCUT2D eigenvalue weighted by atomic mass is 10.3. The van der Waals surface area contributed by atoms with Crippen molar-refractivity contribution >= 4 is 51.9 Å². The van der Waals surface area contributed by atoms with Crippen molar-refractivity contribution in [2.45, 2.75) is 13.3 Å². The largest absolute Gasteiger partial charge is 0.466 e. The van der Waals surface area contributed by atoms with Gasteiger partial charge in [-0.2, -0.15) is 0 Å². The molecule has 2 rings (SSSR count). The predicted octanol–water partition coefficient (Wildman–Crippen LogP) is 3.09. The van der Waals surface area contributed by atoms with Gasteiger partial charge >= 0.3 is 5.97 Å². The number of H-pyrrole nitrogens is 1. The minimum Gasteiger partial charge on any atom is -0.466 e. The van der Waals surface area contributed by atoms with Crippen molar-refractivity contribution in [2.24, 2.45) is 0 Å². The lowest BCUT2D eigenvalue weighted by Gasteiger charge is -1.96. The van der Waals surface area contributed by atoms with Crippen LogP contribution in [0.5, 0.6) is 0 Å². The highest BCUT2D eigenvalue weighted by molar-refractivity contribution is 6.65. The number of nitro groups is 1. The molecule has 2 aromatic rings. The number of esters is 1. The number of halogens is 2. The number of aromatic amines is 1. The Morgan fingerprint density at radius 1 is 1.55 bits per heavy atom. The van der Waals surface area contributed by atoms with Crippen LogP contribution in [0.15, 0.2) is 18.2 Å². The molecule has 0 fully saturated rings. The minimum atomic E-state index is -0.447. The molecular formula is C11H13Cl2N3O4. The molecule has 0 aromatic carbocycles. The van der Waals surface area contributed by atoms with Crippen LogP contribution in [0.4, 0.5) is 5.69 Å². The average Bonchev–Trinajstić information content (AvgIpc) is 2.90. The molecule has 0 aliphatic heterocycles. The predicted molar refractivity (Wildman–Crippen MR) is 78.2 cm³/mol. The minimum absolute atomic E-state index is 0. The Bertz CT molecular complexity index is 584. The van der Waals surface area contributed by atoms with Crippen molar-refractivity contribution < 1.29 is 14.5 Å². The number of carbonyl (C=O) groups is 1. The molecule has 0 saturated carbocycles. The monoisotopic (exact) mass is 321 g/mol. The fourth-order valence-corrected chi connectivity index (χ4v) is 1.47.